The average molecular weight is 407 g/mol. The van der Waals surface area contributed by atoms with E-state index in [4.69, 9.17) is 21.5 Å². The van der Waals surface area contributed by atoms with Gasteiger partial charge in [-0.2, -0.15) is 11.8 Å². The SMILES string of the molecule is CN(Cc1ccccc1)Cc1cc(CN(C)Cc2ccccc2)c(ON)cc1ON. The van der Waals surface area contributed by atoms with E-state index in [1.165, 1.54) is 11.1 Å². The number of hydrogen-bond donors (Lipinski definition) is 2. The first-order valence-corrected chi connectivity index (χ1v) is 9.93. The average Bonchev–Trinajstić information content (AvgIpc) is 2.75. The van der Waals surface area contributed by atoms with Crippen molar-refractivity contribution in [2.24, 2.45) is 11.8 Å². The molecule has 0 saturated carbocycles. The van der Waals surface area contributed by atoms with Gasteiger partial charge in [0.1, 0.15) is 0 Å². The summed E-state index contributed by atoms with van der Waals surface area (Å²) in [6, 6.07) is 24.5. The fourth-order valence-electron chi connectivity index (χ4n) is 3.61. The molecule has 158 valence electrons. The number of nitrogens with zero attached hydrogens (tertiary/aromatic N) is 2. The molecule has 0 radical (unpaired) electrons. The molecule has 0 aliphatic carbocycles. The molecule has 0 unspecified atom stereocenters. The number of nitrogens with two attached hydrogens (primary N) is 2. The molecular formula is C24H30N4O2. The Balaban J connectivity index is 1.75. The molecule has 0 heterocycles. The van der Waals surface area contributed by atoms with Gasteiger partial charge >= 0.3 is 0 Å². The minimum atomic E-state index is 0.560. The first kappa shape index (κ1) is 21.8. The fourth-order valence-corrected chi connectivity index (χ4v) is 3.61. The lowest BCUT2D eigenvalue weighted by Crippen LogP contribution is -2.21. The van der Waals surface area contributed by atoms with Gasteiger partial charge in [-0.15, -0.1) is 0 Å². The van der Waals surface area contributed by atoms with Crippen LogP contribution in [0, 0.1) is 0 Å². The van der Waals surface area contributed by atoms with Crippen molar-refractivity contribution in [3.05, 3.63) is 95.1 Å². The topological polar surface area (TPSA) is 77.0 Å². The Morgan fingerprint density at radius 2 is 1.00 bits per heavy atom. The first-order valence-electron chi connectivity index (χ1n) is 9.93. The van der Waals surface area contributed by atoms with Crippen molar-refractivity contribution in [1.82, 2.24) is 9.80 Å². The van der Waals surface area contributed by atoms with Crippen LogP contribution >= 0.6 is 0 Å². The molecule has 0 aliphatic heterocycles. The van der Waals surface area contributed by atoms with Crippen molar-refractivity contribution < 1.29 is 9.68 Å². The molecular weight excluding hydrogens is 376 g/mol. The van der Waals surface area contributed by atoms with Crippen molar-refractivity contribution in [3.8, 4) is 11.5 Å². The summed E-state index contributed by atoms with van der Waals surface area (Å²) in [7, 11) is 4.14. The van der Waals surface area contributed by atoms with Crippen LogP contribution in [0.1, 0.15) is 22.3 Å². The lowest BCUT2D eigenvalue weighted by molar-refractivity contribution is 0.280. The van der Waals surface area contributed by atoms with E-state index in [0.29, 0.717) is 24.6 Å². The first-order chi connectivity index (χ1) is 14.6. The highest BCUT2D eigenvalue weighted by molar-refractivity contribution is 5.46. The maximum Gasteiger partial charge on any atom is 0.155 e. The molecule has 4 N–H and O–H groups in total. The van der Waals surface area contributed by atoms with Crippen molar-refractivity contribution in [2.75, 3.05) is 14.1 Å². The van der Waals surface area contributed by atoms with Crippen LogP contribution in [0.15, 0.2) is 72.8 Å². The molecule has 0 spiro atoms. The van der Waals surface area contributed by atoms with Crippen LogP contribution in [0.2, 0.25) is 0 Å². The highest BCUT2D eigenvalue weighted by atomic mass is 16.6. The molecule has 0 aromatic heterocycles. The third kappa shape index (κ3) is 6.05. The molecule has 3 rings (SSSR count). The summed E-state index contributed by atoms with van der Waals surface area (Å²) in [5.41, 5.74) is 4.47. The van der Waals surface area contributed by atoms with E-state index < -0.39 is 0 Å². The second-order valence-electron chi connectivity index (χ2n) is 7.62. The van der Waals surface area contributed by atoms with Crippen molar-refractivity contribution in [1.29, 1.82) is 0 Å². The minimum absolute atomic E-state index is 0.560. The molecule has 0 bridgehead atoms. The lowest BCUT2D eigenvalue weighted by atomic mass is 10.1. The molecule has 6 heteroatoms. The summed E-state index contributed by atoms with van der Waals surface area (Å²) in [5, 5.41) is 0. The molecule has 3 aromatic carbocycles. The molecule has 0 amide bonds. The second kappa shape index (κ2) is 10.8. The van der Waals surface area contributed by atoms with Gasteiger partial charge < -0.3 is 9.68 Å². The van der Waals surface area contributed by atoms with Gasteiger partial charge in [0.05, 0.1) is 0 Å². The van der Waals surface area contributed by atoms with E-state index in [-0.39, 0.29) is 0 Å². The molecule has 30 heavy (non-hydrogen) atoms. The van der Waals surface area contributed by atoms with Gasteiger partial charge in [-0.25, -0.2) is 0 Å². The van der Waals surface area contributed by atoms with Crippen LogP contribution in [0.25, 0.3) is 0 Å². The quantitative estimate of drug-likeness (QED) is 0.502. The summed E-state index contributed by atoms with van der Waals surface area (Å²) < 4.78 is 0. The standard InChI is InChI=1S/C24H30N4O2/c1-27(15-19-9-5-3-6-10-19)17-21-13-22(24(30-26)14-23(21)29-25)18-28(2)16-20-11-7-4-8-12-20/h3-14H,15-18,25-26H2,1-2H3. The Labute approximate surface area is 178 Å². The van der Waals surface area contributed by atoms with Gasteiger partial charge in [0.15, 0.2) is 11.5 Å². The predicted molar refractivity (Wildman–Crippen MR) is 119 cm³/mol. The summed E-state index contributed by atoms with van der Waals surface area (Å²) in [6.07, 6.45) is 0. The minimum Gasteiger partial charge on any atom is -0.411 e. The van der Waals surface area contributed by atoms with Gasteiger partial charge in [-0.3, -0.25) is 9.80 Å². The second-order valence-corrected chi connectivity index (χ2v) is 7.62. The largest absolute Gasteiger partial charge is 0.411 e. The highest BCUT2D eigenvalue weighted by Crippen LogP contribution is 2.30. The molecule has 0 aliphatic rings. The number of hydrogen-bond acceptors (Lipinski definition) is 6. The maximum atomic E-state index is 5.53. The monoisotopic (exact) mass is 406 g/mol. The van der Waals surface area contributed by atoms with Crippen LogP contribution in [0.3, 0.4) is 0 Å². The van der Waals surface area contributed by atoms with Gasteiger partial charge in [-0.1, -0.05) is 60.7 Å². The fraction of sp³-hybridized carbons (Fsp3) is 0.250. The lowest BCUT2D eigenvalue weighted by Gasteiger charge is -2.22. The van der Waals surface area contributed by atoms with Crippen LogP contribution in [-0.2, 0) is 26.2 Å². The Hall–Kier alpha value is -2.90. The molecule has 0 fully saturated rings. The number of benzene rings is 3. The zero-order valence-corrected chi connectivity index (χ0v) is 17.6. The Morgan fingerprint density at radius 3 is 1.37 bits per heavy atom. The van der Waals surface area contributed by atoms with Gasteiger partial charge in [-0.05, 0) is 31.3 Å². The summed E-state index contributed by atoms with van der Waals surface area (Å²) in [4.78, 5) is 14.7. The zero-order chi connectivity index (χ0) is 21.3. The normalized spacial score (nSPS) is 11.1. The van der Waals surface area contributed by atoms with E-state index in [9.17, 15) is 0 Å². The van der Waals surface area contributed by atoms with Crippen LogP contribution in [0.4, 0.5) is 0 Å². The van der Waals surface area contributed by atoms with E-state index in [0.717, 1.165) is 24.2 Å². The van der Waals surface area contributed by atoms with Crippen LogP contribution in [0.5, 0.6) is 11.5 Å². The van der Waals surface area contributed by atoms with Crippen molar-refractivity contribution in [3.63, 3.8) is 0 Å². The Bertz CT molecular complexity index is 846. The zero-order valence-electron chi connectivity index (χ0n) is 17.6. The van der Waals surface area contributed by atoms with E-state index >= 15 is 0 Å². The van der Waals surface area contributed by atoms with E-state index in [1.54, 1.807) is 6.07 Å². The summed E-state index contributed by atoms with van der Waals surface area (Å²) in [6.45, 7) is 3.01. The summed E-state index contributed by atoms with van der Waals surface area (Å²) >= 11 is 0. The van der Waals surface area contributed by atoms with Gasteiger partial charge in [0.25, 0.3) is 0 Å². The van der Waals surface area contributed by atoms with Gasteiger partial charge in [0.2, 0.25) is 0 Å². The molecule has 3 aromatic rings. The number of rotatable bonds is 10. The Morgan fingerprint density at radius 1 is 0.600 bits per heavy atom. The molecule has 0 saturated heterocycles. The van der Waals surface area contributed by atoms with Crippen molar-refractivity contribution in [2.45, 2.75) is 26.2 Å². The molecule has 0 atom stereocenters. The smallest absolute Gasteiger partial charge is 0.155 e. The maximum absolute atomic E-state index is 5.53. The third-order valence-electron chi connectivity index (χ3n) is 4.97. The van der Waals surface area contributed by atoms with E-state index in [2.05, 4.69) is 54.2 Å². The molecule has 6 nitrogen and oxygen atoms in total. The highest BCUT2D eigenvalue weighted by Gasteiger charge is 2.15. The van der Waals surface area contributed by atoms with Crippen LogP contribution in [-0.4, -0.2) is 23.9 Å². The van der Waals surface area contributed by atoms with Crippen molar-refractivity contribution >= 4 is 0 Å². The predicted octanol–water partition coefficient (Wildman–Crippen LogP) is 3.46. The van der Waals surface area contributed by atoms with E-state index in [1.807, 2.05) is 36.4 Å². The summed E-state index contributed by atoms with van der Waals surface area (Å²) in [5.74, 6) is 12.2. The van der Waals surface area contributed by atoms with Gasteiger partial charge in [0, 0.05) is 43.4 Å². The Kier molecular flexibility index (Phi) is 7.82. The van der Waals surface area contributed by atoms with Crippen LogP contribution < -0.4 is 21.5 Å². The third-order valence-corrected chi connectivity index (χ3v) is 4.97.